The van der Waals surface area contributed by atoms with E-state index in [1.54, 1.807) is 6.08 Å². The van der Waals surface area contributed by atoms with E-state index in [1.165, 1.54) is 5.54 Å². The molecule has 1 nitrogen and oxygen atoms in total. The average molecular weight is 170 g/mol. The first-order valence-corrected chi connectivity index (χ1v) is 2.73. The summed E-state index contributed by atoms with van der Waals surface area (Å²) in [4.78, 5) is 0. The molecule has 0 aromatic rings. The molecule has 0 aliphatic rings. The fourth-order valence-electron chi connectivity index (χ4n) is 0.0891. The predicted octanol–water partition coefficient (Wildman–Crippen LogP) is 1.64. The van der Waals surface area contributed by atoms with Gasteiger partial charge in [-0.3, -0.25) is 4.34 Å². The van der Waals surface area contributed by atoms with Crippen molar-refractivity contribution < 1.29 is 0 Å². The minimum Gasteiger partial charge on any atom is -0.252 e. The summed E-state index contributed by atoms with van der Waals surface area (Å²) in [6, 6.07) is 0. The molecule has 0 aromatic carbocycles. The molecule has 0 spiro atoms. The van der Waals surface area contributed by atoms with Crippen LogP contribution in [0.3, 0.4) is 0 Å². The number of hydrogen-bond donors (Lipinski definition) is 1. The van der Waals surface area contributed by atoms with Crippen LogP contribution in [0.15, 0.2) is 11.6 Å². The van der Waals surface area contributed by atoms with Crippen LogP contribution in [-0.2, 0) is 0 Å². The largest absolute Gasteiger partial charge is 0.252 e. The van der Waals surface area contributed by atoms with Crippen molar-refractivity contribution in [2.24, 2.45) is 0 Å². The third-order valence-corrected chi connectivity index (χ3v) is 0.786. The van der Waals surface area contributed by atoms with Gasteiger partial charge in [0.05, 0.1) is 0 Å². The Balaban J connectivity index is 2.66. The number of halogens is 2. The number of hydrogen-bond acceptors (Lipinski definition) is 1. The van der Waals surface area contributed by atoms with Gasteiger partial charge >= 0.3 is 0 Å². The second-order valence-electron chi connectivity index (χ2n) is 0.699. The molecule has 6 heavy (non-hydrogen) atoms. The first kappa shape index (κ1) is 6.47. The van der Waals surface area contributed by atoms with Crippen LogP contribution in [0.4, 0.5) is 0 Å². The van der Waals surface area contributed by atoms with Gasteiger partial charge in [0.2, 0.25) is 0 Å². The molecule has 0 aliphatic heterocycles. The smallest absolute Gasteiger partial charge is 0.0254 e. The molecule has 1 N–H and O–H groups in total. The Kier molecular flexibility index (Phi) is 5.90. The van der Waals surface area contributed by atoms with Crippen molar-refractivity contribution in [1.82, 2.24) is 4.34 Å². The molecule has 0 heterocycles. The summed E-state index contributed by atoms with van der Waals surface area (Å²) in [6.45, 7) is 0.767. The lowest BCUT2D eigenvalue weighted by molar-refractivity contribution is 1.16. The highest BCUT2D eigenvalue weighted by Gasteiger charge is 1.64. The molecule has 0 radical (unpaired) electrons. The maximum absolute atomic E-state index is 5.14. The lowest BCUT2D eigenvalue weighted by Gasteiger charge is -1.78. The first-order chi connectivity index (χ1) is 2.91. The number of rotatable bonds is 2. The molecule has 36 valence electrons. The van der Waals surface area contributed by atoms with E-state index in [9.17, 15) is 0 Å². The zero-order valence-electron chi connectivity index (χ0n) is 3.12. The fraction of sp³-hybridized carbons (Fsp3) is 0.333. The Labute approximate surface area is 50.7 Å². The van der Waals surface area contributed by atoms with Gasteiger partial charge in [0.15, 0.2) is 0 Å². The molecule has 0 aromatic heterocycles. The van der Waals surface area contributed by atoms with Gasteiger partial charge in [-0.15, -0.1) is 0 Å². The Morgan fingerprint density at radius 2 is 2.50 bits per heavy atom. The summed E-state index contributed by atoms with van der Waals surface area (Å²) in [5.41, 5.74) is 1.47. The summed E-state index contributed by atoms with van der Waals surface area (Å²) in [7, 11) is 0. The van der Waals surface area contributed by atoms with Crippen LogP contribution in [0, 0.1) is 0 Å². The molecule has 0 amide bonds. The van der Waals surface area contributed by atoms with Crippen molar-refractivity contribution in [3.8, 4) is 0 Å². The number of nitrogens with one attached hydrogen (secondary N) is 1. The maximum Gasteiger partial charge on any atom is 0.0254 e. The standard InChI is InChI=1S/C3H5BrClN/c4-6-3-1-2-5/h1-2,6H,3H2. The highest BCUT2D eigenvalue weighted by molar-refractivity contribution is 9.08. The van der Waals surface area contributed by atoms with Crippen molar-refractivity contribution in [2.75, 3.05) is 6.54 Å². The van der Waals surface area contributed by atoms with Gasteiger partial charge in [-0.2, -0.15) is 0 Å². The SMILES string of the molecule is ClC=CCNBr. The van der Waals surface area contributed by atoms with Crippen LogP contribution in [0.5, 0.6) is 0 Å². The third kappa shape index (κ3) is 4.47. The van der Waals surface area contributed by atoms with E-state index in [1.807, 2.05) is 0 Å². The Morgan fingerprint density at radius 1 is 1.83 bits per heavy atom. The molecule has 0 fully saturated rings. The third-order valence-electron chi connectivity index (χ3n) is 0.284. The second kappa shape index (κ2) is 5.47. The predicted molar refractivity (Wildman–Crippen MR) is 31.9 cm³/mol. The zero-order chi connectivity index (χ0) is 4.83. The molecule has 0 saturated heterocycles. The van der Waals surface area contributed by atoms with Gasteiger partial charge in [0.25, 0.3) is 0 Å². The van der Waals surface area contributed by atoms with Gasteiger partial charge in [-0.25, -0.2) is 0 Å². The maximum atomic E-state index is 5.14. The van der Waals surface area contributed by atoms with E-state index in [-0.39, 0.29) is 0 Å². The van der Waals surface area contributed by atoms with Gasteiger partial charge in [-0.05, 0) is 0 Å². The minimum absolute atomic E-state index is 0.767. The monoisotopic (exact) mass is 169 g/mol. The van der Waals surface area contributed by atoms with E-state index < -0.39 is 0 Å². The Morgan fingerprint density at radius 3 is 2.67 bits per heavy atom. The lowest BCUT2D eigenvalue weighted by Crippen LogP contribution is -1.93. The van der Waals surface area contributed by atoms with Crippen molar-refractivity contribution in [2.45, 2.75) is 0 Å². The second-order valence-corrected chi connectivity index (χ2v) is 1.51. The van der Waals surface area contributed by atoms with E-state index in [0.29, 0.717) is 0 Å². The molecule has 3 heteroatoms. The summed E-state index contributed by atoms with van der Waals surface area (Å²) >= 11 is 8.13. The van der Waals surface area contributed by atoms with Crippen LogP contribution in [0.2, 0.25) is 0 Å². The van der Waals surface area contributed by atoms with Crippen LogP contribution in [-0.4, -0.2) is 6.54 Å². The van der Waals surface area contributed by atoms with Gasteiger partial charge in [0.1, 0.15) is 0 Å². The van der Waals surface area contributed by atoms with Gasteiger partial charge < -0.3 is 0 Å². The molecule has 0 atom stereocenters. The first-order valence-electron chi connectivity index (χ1n) is 1.50. The molecule has 0 rings (SSSR count). The topological polar surface area (TPSA) is 12.0 Å². The Hall–Kier alpha value is 0.470. The summed E-state index contributed by atoms with van der Waals surface area (Å²) in [5.74, 6) is 0. The van der Waals surface area contributed by atoms with Crippen LogP contribution < -0.4 is 4.34 Å². The highest BCUT2D eigenvalue weighted by Crippen LogP contribution is 1.75. The normalized spacial score (nSPS) is 10.3. The van der Waals surface area contributed by atoms with Gasteiger partial charge in [-0.1, -0.05) is 17.7 Å². The van der Waals surface area contributed by atoms with Crippen LogP contribution >= 0.6 is 27.7 Å². The van der Waals surface area contributed by atoms with Crippen molar-refractivity contribution in [3.63, 3.8) is 0 Å². The van der Waals surface area contributed by atoms with Gasteiger partial charge in [0, 0.05) is 28.2 Å². The van der Waals surface area contributed by atoms with Crippen molar-refractivity contribution >= 4 is 27.7 Å². The van der Waals surface area contributed by atoms with E-state index in [0.717, 1.165) is 6.54 Å². The van der Waals surface area contributed by atoms with Crippen LogP contribution in [0.1, 0.15) is 0 Å². The minimum atomic E-state index is 0.767. The van der Waals surface area contributed by atoms with E-state index in [2.05, 4.69) is 20.5 Å². The highest BCUT2D eigenvalue weighted by atomic mass is 79.9. The van der Waals surface area contributed by atoms with Crippen LogP contribution in [0.25, 0.3) is 0 Å². The summed E-state index contributed by atoms with van der Waals surface area (Å²) in [6.07, 6.45) is 1.79. The average Bonchev–Trinajstić information content (AvgIpc) is 1.61. The molecule has 0 unspecified atom stereocenters. The van der Waals surface area contributed by atoms with E-state index in [4.69, 9.17) is 11.6 Å². The quantitative estimate of drug-likeness (QED) is 0.621. The van der Waals surface area contributed by atoms with Crippen molar-refractivity contribution in [1.29, 1.82) is 0 Å². The molecular formula is C3H5BrClN. The molecule has 0 saturated carbocycles. The molecular weight excluding hydrogens is 165 g/mol. The van der Waals surface area contributed by atoms with E-state index >= 15 is 0 Å². The molecule has 0 aliphatic carbocycles. The molecule has 0 bridgehead atoms. The fourth-order valence-corrected chi connectivity index (χ4v) is 0.365. The van der Waals surface area contributed by atoms with Crippen molar-refractivity contribution in [3.05, 3.63) is 11.6 Å². The summed E-state index contributed by atoms with van der Waals surface area (Å²) in [5, 5.41) is 0. The zero-order valence-corrected chi connectivity index (χ0v) is 5.46. The summed E-state index contributed by atoms with van der Waals surface area (Å²) < 4.78 is 2.71. The Bertz CT molecular complexity index is 46.1. The lowest BCUT2D eigenvalue weighted by atomic mass is 10.7.